The van der Waals surface area contributed by atoms with Gasteiger partial charge >= 0.3 is 0 Å². The lowest BCUT2D eigenvalue weighted by molar-refractivity contribution is 0.130. The van der Waals surface area contributed by atoms with Crippen LogP contribution in [0.2, 0.25) is 0 Å². The largest absolute Gasteiger partial charge is 0.332 e. The smallest absolute Gasteiger partial charge is 0.225 e. The second-order valence-electron chi connectivity index (χ2n) is 8.06. The molecule has 0 bridgehead atoms. The van der Waals surface area contributed by atoms with Gasteiger partial charge in [-0.15, -0.1) is 0 Å². The molecule has 27 heavy (non-hydrogen) atoms. The third kappa shape index (κ3) is 2.54. The number of fused-ring (bicyclic) bond motifs is 4. The lowest BCUT2D eigenvalue weighted by Gasteiger charge is -2.36. The Balaban J connectivity index is 1.31. The number of aromatic nitrogens is 4. The molecule has 0 radical (unpaired) electrons. The van der Waals surface area contributed by atoms with Crippen molar-refractivity contribution in [3.63, 3.8) is 0 Å². The van der Waals surface area contributed by atoms with Crippen molar-refractivity contribution < 1.29 is 0 Å². The first-order chi connectivity index (χ1) is 13.3. The second kappa shape index (κ2) is 6.02. The maximum Gasteiger partial charge on any atom is 0.225 e. The van der Waals surface area contributed by atoms with E-state index >= 15 is 0 Å². The van der Waals surface area contributed by atoms with Gasteiger partial charge in [-0.1, -0.05) is 6.42 Å². The Kier molecular flexibility index (Phi) is 3.47. The first kappa shape index (κ1) is 15.6. The van der Waals surface area contributed by atoms with Crippen LogP contribution in [0.15, 0.2) is 30.6 Å². The van der Waals surface area contributed by atoms with Crippen LogP contribution in [0.3, 0.4) is 0 Å². The molecule has 1 fully saturated rings. The minimum Gasteiger partial charge on any atom is -0.332 e. The summed E-state index contributed by atoms with van der Waals surface area (Å²) >= 11 is 0. The molecule has 1 aromatic carbocycles. The highest BCUT2D eigenvalue weighted by Crippen LogP contribution is 2.31. The van der Waals surface area contributed by atoms with Crippen molar-refractivity contribution in [3.8, 4) is 0 Å². The van der Waals surface area contributed by atoms with E-state index in [1.54, 1.807) is 0 Å². The van der Waals surface area contributed by atoms with Crippen LogP contribution in [0.4, 0.5) is 5.95 Å². The third-order valence-corrected chi connectivity index (χ3v) is 6.53. The zero-order valence-corrected chi connectivity index (χ0v) is 15.5. The van der Waals surface area contributed by atoms with Crippen molar-refractivity contribution in [2.45, 2.75) is 51.4 Å². The summed E-state index contributed by atoms with van der Waals surface area (Å²) < 4.78 is 2.47. The standard InChI is InChI=1S/C21H24N6/c1-3-17(4-1)25-8-5-20-24-18-11-15-13-26(21-22-6-2-7-23-21)14-16(15)12-19(18)27(20)10-9-25/h2,6-7,11-12,17H,1,3-5,8-10,13-14H2. The molecule has 0 atom stereocenters. The molecule has 0 amide bonds. The number of nitrogens with zero attached hydrogens (tertiary/aromatic N) is 6. The second-order valence-corrected chi connectivity index (χ2v) is 8.06. The Hall–Kier alpha value is -2.47. The van der Waals surface area contributed by atoms with Crippen molar-refractivity contribution in [2.75, 3.05) is 18.0 Å². The van der Waals surface area contributed by atoms with Crippen LogP contribution in [0.25, 0.3) is 11.0 Å². The van der Waals surface area contributed by atoms with Gasteiger partial charge in [0.05, 0.1) is 11.0 Å². The van der Waals surface area contributed by atoms with Crippen LogP contribution in [0, 0.1) is 0 Å². The Bertz CT molecular complexity index is 991. The molecule has 0 N–H and O–H groups in total. The van der Waals surface area contributed by atoms with Gasteiger partial charge in [0.25, 0.3) is 0 Å². The van der Waals surface area contributed by atoms with Gasteiger partial charge in [0, 0.05) is 57.6 Å². The molecule has 2 aliphatic heterocycles. The van der Waals surface area contributed by atoms with E-state index in [4.69, 9.17) is 4.98 Å². The normalized spacial score (nSPS) is 20.4. The van der Waals surface area contributed by atoms with Crippen LogP contribution < -0.4 is 4.90 Å². The molecule has 1 saturated carbocycles. The van der Waals surface area contributed by atoms with E-state index < -0.39 is 0 Å². The zero-order chi connectivity index (χ0) is 17.8. The molecule has 6 heteroatoms. The highest BCUT2D eigenvalue weighted by molar-refractivity contribution is 5.79. The highest BCUT2D eigenvalue weighted by atomic mass is 15.3. The maximum atomic E-state index is 5.01. The topological polar surface area (TPSA) is 50.1 Å². The van der Waals surface area contributed by atoms with Gasteiger partial charge in [-0.25, -0.2) is 15.0 Å². The average Bonchev–Trinajstić information content (AvgIpc) is 3.15. The molecule has 6 nitrogen and oxygen atoms in total. The zero-order valence-electron chi connectivity index (χ0n) is 15.5. The number of benzene rings is 1. The van der Waals surface area contributed by atoms with Crippen LogP contribution in [0.5, 0.6) is 0 Å². The minimum atomic E-state index is 0.809. The monoisotopic (exact) mass is 360 g/mol. The van der Waals surface area contributed by atoms with Crippen molar-refractivity contribution >= 4 is 17.0 Å². The number of rotatable bonds is 2. The van der Waals surface area contributed by atoms with Gasteiger partial charge in [0.15, 0.2) is 0 Å². The van der Waals surface area contributed by atoms with Crippen LogP contribution in [-0.2, 0) is 26.1 Å². The summed E-state index contributed by atoms with van der Waals surface area (Å²) in [6.07, 6.45) is 8.87. The number of hydrogen-bond donors (Lipinski definition) is 0. The Morgan fingerprint density at radius 2 is 1.74 bits per heavy atom. The highest BCUT2D eigenvalue weighted by Gasteiger charge is 2.28. The minimum absolute atomic E-state index is 0.809. The summed E-state index contributed by atoms with van der Waals surface area (Å²) in [5.74, 6) is 2.07. The first-order valence-corrected chi connectivity index (χ1v) is 10.1. The van der Waals surface area contributed by atoms with E-state index in [-0.39, 0.29) is 0 Å². The first-order valence-electron chi connectivity index (χ1n) is 10.1. The van der Waals surface area contributed by atoms with Gasteiger partial charge in [-0.3, -0.25) is 4.90 Å². The SMILES string of the molecule is c1cnc(N2Cc3cc4nc5n(c4cc3C2)CCN(C2CCC2)CC5)nc1. The lowest BCUT2D eigenvalue weighted by atomic mass is 9.91. The number of imidazole rings is 1. The van der Waals surface area contributed by atoms with E-state index in [2.05, 4.69) is 36.5 Å². The molecule has 138 valence electrons. The summed E-state index contributed by atoms with van der Waals surface area (Å²) in [4.78, 5) is 18.8. The summed E-state index contributed by atoms with van der Waals surface area (Å²) in [6.45, 7) is 5.13. The lowest BCUT2D eigenvalue weighted by Crippen LogP contribution is -2.41. The fraction of sp³-hybridized carbons (Fsp3) is 0.476. The van der Waals surface area contributed by atoms with E-state index in [0.717, 1.165) is 56.7 Å². The van der Waals surface area contributed by atoms with Gasteiger partial charge < -0.3 is 9.47 Å². The molecule has 6 rings (SSSR count). The fourth-order valence-electron chi connectivity index (χ4n) is 4.81. The van der Waals surface area contributed by atoms with Crippen molar-refractivity contribution in [1.82, 2.24) is 24.4 Å². The van der Waals surface area contributed by atoms with Crippen molar-refractivity contribution in [3.05, 3.63) is 47.5 Å². The number of hydrogen-bond acceptors (Lipinski definition) is 5. The van der Waals surface area contributed by atoms with Crippen molar-refractivity contribution in [1.29, 1.82) is 0 Å². The van der Waals surface area contributed by atoms with E-state index in [1.807, 2.05) is 18.5 Å². The molecule has 4 heterocycles. The molecule has 3 aromatic rings. The summed E-state index contributed by atoms with van der Waals surface area (Å²) in [5, 5.41) is 0. The summed E-state index contributed by atoms with van der Waals surface area (Å²) in [7, 11) is 0. The molecule has 0 saturated heterocycles. The molecule has 1 aliphatic carbocycles. The molecular weight excluding hydrogens is 336 g/mol. The average molecular weight is 360 g/mol. The van der Waals surface area contributed by atoms with E-state index in [1.165, 1.54) is 41.7 Å². The van der Waals surface area contributed by atoms with E-state index in [9.17, 15) is 0 Å². The van der Waals surface area contributed by atoms with Gasteiger partial charge in [0.1, 0.15) is 5.82 Å². The Morgan fingerprint density at radius 1 is 0.926 bits per heavy atom. The predicted octanol–water partition coefficient (Wildman–Crippen LogP) is 2.76. The fourth-order valence-corrected chi connectivity index (χ4v) is 4.81. The third-order valence-electron chi connectivity index (χ3n) is 6.53. The predicted molar refractivity (Wildman–Crippen MR) is 105 cm³/mol. The summed E-state index contributed by atoms with van der Waals surface area (Å²) in [5.41, 5.74) is 5.20. The molecule has 2 aromatic heterocycles. The Morgan fingerprint density at radius 3 is 2.52 bits per heavy atom. The molecule has 0 unspecified atom stereocenters. The van der Waals surface area contributed by atoms with Gasteiger partial charge in [0.2, 0.25) is 5.95 Å². The number of anilines is 1. The van der Waals surface area contributed by atoms with Crippen molar-refractivity contribution in [2.24, 2.45) is 0 Å². The molecular formula is C21H24N6. The Labute approximate surface area is 158 Å². The summed E-state index contributed by atoms with van der Waals surface area (Å²) in [6, 6.07) is 7.34. The van der Waals surface area contributed by atoms with Crippen LogP contribution >= 0.6 is 0 Å². The van der Waals surface area contributed by atoms with Crippen LogP contribution in [0.1, 0.15) is 36.2 Å². The van der Waals surface area contributed by atoms with E-state index in [0.29, 0.717) is 0 Å². The molecule has 0 spiro atoms. The van der Waals surface area contributed by atoms with Gasteiger partial charge in [-0.05, 0) is 42.2 Å². The van der Waals surface area contributed by atoms with Crippen LogP contribution in [-0.4, -0.2) is 43.6 Å². The maximum absolute atomic E-state index is 5.01. The van der Waals surface area contributed by atoms with Gasteiger partial charge in [-0.2, -0.15) is 0 Å². The molecule has 3 aliphatic rings. The quantitative estimate of drug-likeness (QED) is 0.703.